The molecule has 0 saturated carbocycles. The fraction of sp³-hybridized carbons (Fsp3) is 0.100. The Labute approximate surface area is 145 Å². The smallest absolute Gasteiger partial charge is 0.243 e. The Morgan fingerprint density at radius 1 is 0.840 bits per heavy atom. The number of nitrogens with one attached hydrogen (secondary N) is 2. The van der Waals surface area contributed by atoms with Crippen LogP contribution in [0, 0.1) is 0 Å². The fourth-order valence-corrected chi connectivity index (χ4v) is 2.63. The van der Waals surface area contributed by atoms with Gasteiger partial charge in [0.05, 0.1) is 18.7 Å². The topological polar surface area (TPSA) is 78.4 Å². The van der Waals surface area contributed by atoms with Gasteiger partial charge >= 0.3 is 0 Å². The number of amides is 2. The molecule has 5 heteroatoms. The van der Waals surface area contributed by atoms with E-state index < -0.39 is 5.91 Å². The van der Waals surface area contributed by atoms with Crippen molar-refractivity contribution >= 4 is 28.3 Å². The van der Waals surface area contributed by atoms with Gasteiger partial charge in [0.1, 0.15) is 5.75 Å². The van der Waals surface area contributed by atoms with Gasteiger partial charge in [0.15, 0.2) is 0 Å². The first-order valence-electron chi connectivity index (χ1n) is 7.94. The quantitative estimate of drug-likeness (QED) is 0.628. The molecule has 0 aliphatic carbocycles. The number of phenolic OH excluding ortho intramolecular Hbond substituents is 1. The minimum atomic E-state index is -0.396. The molecule has 0 spiro atoms. The number of anilines is 1. The number of hydrogen-bond donors (Lipinski definition) is 3. The van der Waals surface area contributed by atoms with Crippen LogP contribution in [0.4, 0.5) is 5.69 Å². The third-order valence-electron chi connectivity index (χ3n) is 3.86. The molecule has 2 amide bonds. The minimum Gasteiger partial charge on any atom is -0.506 e. The fourth-order valence-electron chi connectivity index (χ4n) is 2.63. The highest BCUT2D eigenvalue weighted by molar-refractivity contribution is 5.96. The van der Waals surface area contributed by atoms with E-state index in [0.717, 1.165) is 16.3 Å². The Morgan fingerprint density at radius 2 is 1.56 bits per heavy atom. The second kappa shape index (κ2) is 7.49. The Balaban J connectivity index is 1.57. The van der Waals surface area contributed by atoms with Crippen LogP contribution in [0.1, 0.15) is 5.56 Å². The number of para-hydroxylation sites is 2. The molecule has 3 rings (SSSR count). The molecule has 0 aliphatic heterocycles. The molecule has 0 heterocycles. The summed E-state index contributed by atoms with van der Waals surface area (Å²) in [6.45, 7) is -0.155. The number of hydrogen-bond acceptors (Lipinski definition) is 3. The Kier molecular flexibility index (Phi) is 4.95. The predicted molar refractivity (Wildman–Crippen MR) is 97.4 cm³/mol. The number of carbonyl (C=O) groups excluding carboxylic acids is 2. The molecule has 0 aromatic heterocycles. The summed E-state index contributed by atoms with van der Waals surface area (Å²) >= 11 is 0. The second-order valence-electron chi connectivity index (χ2n) is 5.66. The highest BCUT2D eigenvalue weighted by Gasteiger charge is 2.10. The summed E-state index contributed by atoms with van der Waals surface area (Å²) in [6.07, 6.45) is 0.200. The molecular formula is C20H18N2O3. The minimum absolute atomic E-state index is 0.0158. The Bertz CT molecular complexity index is 916. The lowest BCUT2D eigenvalue weighted by Crippen LogP contribution is -2.33. The number of carbonyl (C=O) groups is 2. The maximum atomic E-state index is 12.1. The third kappa shape index (κ3) is 4.14. The van der Waals surface area contributed by atoms with Gasteiger partial charge in [0.2, 0.25) is 11.8 Å². The van der Waals surface area contributed by atoms with Gasteiger partial charge in [-0.2, -0.15) is 0 Å². The zero-order chi connectivity index (χ0) is 17.6. The normalized spacial score (nSPS) is 10.4. The monoisotopic (exact) mass is 334 g/mol. The Morgan fingerprint density at radius 3 is 2.40 bits per heavy atom. The molecule has 0 saturated heterocycles. The predicted octanol–water partition coefficient (Wildman–Crippen LogP) is 2.84. The van der Waals surface area contributed by atoms with Gasteiger partial charge in [-0.3, -0.25) is 9.59 Å². The van der Waals surface area contributed by atoms with E-state index in [1.54, 1.807) is 18.2 Å². The second-order valence-corrected chi connectivity index (χ2v) is 5.66. The first-order chi connectivity index (χ1) is 12.1. The number of fused-ring (bicyclic) bond motifs is 1. The van der Waals surface area contributed by atoms with Crippen molar-refractivity contribution in [2.75, 3.05) is 11.9 Å². The van der Waals surface area contributed by atoms with E-state index in [0.29, 0.717) is 5.69 Å². The molecule has 3 aromatic carbocycles. The van der Waals surface area contributed by atoms with Gasteiger partial charge in [0.25, 0.3) is 0 Å². The summed E-state index contributed by atoms with van der Waals surface area (Å²) in [7, 11) is 0. The average Bonchev–Trinajstić information content (AvgIpc) is 2.62. The molecule has 0 radical (unpaired) electrons. The van der Waals surface area contributed by atoms with Crippen molar-refractivity contribution < 1.29 is 14.7 Å². The lowest BCUT2D eigenvalue weighted by atomic mass is 10.0. The molecular weight excluding hydrogens is 316 g/mol. The van der Waals surface area contributed by atoms with Crippen LogP contribution in [0.15, 0.2) is 66.7 Å². The zero-order valence-electron chi connectivity index (χ0n) is 13.5. The van der Waals surface area contributed by atoms with Gasteiger partial charge < -0.3 is 15.7 Å². The van der Waals surface area contributed by atoms with Crippen molar-refractivity contribution in [2.45, 2.75) is 6.42 Å². The van der Waals surface area contributed by atoms with E-state index in [4.69, 9.17) is 0 Å². The number of aromatic hydroxyl groups is 1. The summed E-state index contributed by atoms with van der Waals surface area (Å²) in [6, 6.07) is 20.1. The maximum absolute atomic E-state index is 12.1. The van der Waals surface area contributed by atoms with Crippen LogP contribution in [0.2, 0.25) is 0 Å². The van der Waals surface area contributed by atoms with Crippen LogP contribution in [0.5, 0.6) is 5.75 Å². The van der Waals surface area contributed by atoms with Gasteiger partial charge in [-0.05, 0) is 28.5 Å². The first-order valence-corrected chi connectivity index (χ1v) is 7.94. The van der Waals surface area contributed by atoms with E-state index in [1.165, 1.54) is 6.07 Å². The molecule has 0 aliphatic rings. The molecule has 0 bridgehead atoms. The summed E-state index contributed by atoms with van der Waals surface area (Å²) in [5, 5.41) is 16.9. The molecule has 0 atom stereocenters. The van der Waals surface area contributed by atoms with Crippen LogP contribution >= 0.6 is 0 Å². The van der Waals surface area contributed by atoms with Crippen molar-refractivity contribution in [3.05, 3.63) is 72.3 Å². The zero-order valence-corrected chi connectivity index (χ0v) is 13.5. The van der Waals surface area contributed by atoms with Crippen LogP contribution in [0.3, 0.4) is 0 Å². The molecule has 0 unspecified atom stereocenters. The average molecular weight is 334 g/mol. The van der Waals surface area contributed by atoms with Crippen LogP contribution in [-0.2, 0) is 16.0 Å². The van der Waals surface area contributed by atoms with Gasteiger partial charge in [-0.25, -0.2) is 0 Å². The lowest BCUT2D eigenvalue weighted by Gasteiger charge is -2.09. The molecule has 25 heavy (non-hydrogen) atoms. The van der Waals surface area contributed by atoms with Crippen LogP contribution < -0.4 is 10.6 Å². The van der Waals surface area contributed by atoms with Gasteiger partial charge in [-0.15, -0.1) is 0 Å². The third-order valence-corrected chi connectivity index (χ3v) is 3.86. The van der Waals surface area contributed by atoms with Crippen molar-refractivity contribution in [3.63, 3.8) is 0 Å². The van der Waals surface area contributed by atoms with Crippen molar-refractivity contribution in [3.8, 4) is 5.75 Å². The van der Waals surface area contributed by atoms with Crippen molar-refractivity contribution in [1.82, 2.24) is 5.32 Å². The summed E-state index contributed by atoms with van der Waals surface area (Å²) in [5.74, 6) is -0.644. The van der Waals surface area contributed by atoms with E-state index in [2.05, 4.69) is 10.6 Å². The van der Waals surface area contributed by atoms with E-state index >= 15 is 0 Å². The highest BCUT2D eigenvalue weighted by Crippen LogP contribution is 2.21. The summed E-state index contributed by atoms with van der Waals surface area (Å²) < 4.78 is 0. The van der Waals surface area contributed by atoms with E-state index in [1.807, 2.05) is 42.5 Å². The van der Waals surface area contributed by atoms with Gasteiger partial charge in [0, 0.05) is 0 Å². The first kappa shape index (κ1) is 16.5. The molecule has 5 nitrogen and oxygen atoms in total. The van der Waals surface area contributed by atoms with Gasteiger partial charge in [-0.1, -0.05) is 54.6 Å². The van der Waals surface area contributed by atoms with E-state index in [9.17, 15) is 14.7 Å². The van der Waals surface area contributed by atoms with Crippen LogP contribution in [0.25, 0.3) is 10.8 Å². The molecule has 3 N–H and O–H groups in total. The largest absolute Gasteiger partial charge is 0.506 e. The Hall–Kier alpha value is -3.34. The van der Waals surface area contributed by atoms with Crippen molar-refractivity contribution in [2.24, 2.45) is 0 Å². The molecule has 3 aromatic rings. The van der Waals surface area contributed by atoms with Crippen LogP contribution in [-0.4, -0.2) is 23.5 Å². The summed E-state index contributed by atoms with van der Waals surface area (Å²) in [5.41, 5.74) is 1.23. The van der Waals surface area contributed by atoms with Crippen molar-refractivity contribution in [1.29, 1.82) is 0 Å². The summed E-state index contributed by atoms with van der Waals surface area (Å²) in [4.78, 5) is 24.0. The number of benzene rings is 3. The van der Waals surface area contributed by atoms with E-state index in [-0.39, 0.29) is 24.6 Å². The SMILES string of the molecule is O=C(Cc1cccc2ccccc12)NCC(=O)Nc1ccccc1O. The molecule has 126 valence electrons. The maximum Gasteiger partial charge on any atom is 0.243 e. The molecule has 0 fully saturated rings. The number of rotatable bonds is 5. The standard InChI is InChI=1S/C20H18N2O3/c23-18-11-4-3-10-17(18)22-20(25)13-21-19(24)12-15-8-5-7-14-6-1-2-9-16(14)15/h1-11,23H,12-13H2,(H,21,24)(H,22,25). The highest BCUT2D eigenvalue weighted by atomic mass is 16.3. The lowest BCUT2D eigenvalue weighted by molar-refractivity contribution is -0.123. The number of phenols is 1.